The monoisotopic (exact) mass is 484 g/mol. The molecule has 0 saturated heterocycles. The van der Waals surface area contributed by atoms with E-state index >= 15 is 0 Å². The number of aromatic nitrogens is 2. The van der Waals surface area contributed by atoms with Gasteiger partial charge in [-0.1, -0.05) is 6.07 Å². The van der Waals surface area contributed by atoms with E-state index in [4.69, 9.17) is 4.98 Å². The average Bonchev–Trinajstić information content (AvgIpc) is 3.45. The summed E-state index contributed by atoms with van der Waals surface area (Å²) in [5.74, 6) is 0.280. The minimum atomic E-state index is -0.432. The molecule has 0 unspecified atom stereocenters. The van der Waals surface area contributed by atoms with Crippen molar-refractivity contribution in [3.63, 3.8) is 0 Å². The van der Waals surface area contributed by atoms with Crippen LogP contribution in [0.3, 0.4) is 0 Å². The number of carbonyl (C=O) groups excluding carboxylic acids is 2. The van der Waals surface area contributed by atoms with Crippen molar-refractivity contribution in [2.45, 2.75) is 13.8 Å². The van der Waals surface area contributed by atoms with Gasteiger partial charge in [0.1, 0.15) is 10.6 Å². The van der Waals surface area contributed by atoms with Gasteiger partial charge in [-0.3, -0.25) is 15.0 Å². The average molecular weight is 485 g/mol. The number of benzene rings is 1. The van der Waals surface area contributed by atoms with Crippen LogP contribution in [0.15, 0.2) is 53.4 Å². The third kappa shape index (κ3) is 3.64. The van der Waals surface area contributed by atoms with Gasteiger partial charge in [-0.2, -0.15) is 5.01 Å². The van der Waals surface area contributed by atoms with E-state index in [-0.39, 0.29) is 18.2 Å². The van der Waals surface area contributed by atoms with Crippen molar-refractivity contribution in [2.75, 3.05) is 5.43 Å². The molecule has 0 bridgehead atoms. The lowest BCUT2D eigenvalue weighted by molar-refractivity contribution is -0.135. The Morgan fingerprint density at radius 1 is 1.06 bits per heavy atom. The zero-order chi connectivity index (χ0) is 21.7. The third-order valence-corrected chi connectivity index (χ3v) is 7.08. The highest BCUT2D eigenvalue weighted by Gasteiger charge is 2.30. The van der Waals surface area contributed by atoms with Gasteiger partial charge in [0.25, 0.3) is 11.8 Å². The summed E-state index contributed by atoms with van der Waals surface area (Å²) in [4.78, 5) is 36.7. The molecule has 1 aliphatic heterocycles. The highest BCUT2D eigenvalue weighted by atomic mass is 35.5. The number of nitrogens with one attached hydrogen (secondary N) is 1. The van der Waals surface area contributed by atoms with Gasteiger partial charge >= 0.3 is 0 Å². The second-order valence-electron chi connectivity index (χ2n) is 7.07. The van der Waals surface area contributed by atoms with Gasteiger partial charge in [0, 0.05) is 16.5 Å². The lowest BCUT2D eigenvalue weighted by Gasteiger charge is -2.17. The molecule has 1 aromatic carbocycles. The summed E-state index contributed by atoms with van der Waals surface area (Å²) in [5.41, 5.74) is 5.17. The summed E-state index contributed by atoms with van der Waals surface area (Å²) in [6.07, 6.45) is 1.30. The molecule has 0 spiro atoms. The van der Waals surface area contributed by atoms with Crippen LogP contribution in [0, 0.1) is 6.92 Å². The molecule has 32 heavy (non-hydrogen) atoms. The Kier molecular flexibility index (Phi) is 5.72. The molecule has 5 rings (SSSR count). The number of fused-ring (bicyclic) bond motifs is 1. The number of rotatable bonds is 4. The number of carbonyl (C=O) groups is 2. The van der Waals surface area contributed by atoms with Gasteiger partial charge in [-0.25, -0.2) is 9.97 Å². The van der Waals surface area contributed by atoms with Crippen molar-refractivity contribution in [3.8, 4) is 26.9 Å². The molecule has 1 aliphatic rings. The van der Waals surface area contributed by atoms with E-state index in [1.807, 2.05) is 36.6 Å². The molecule has 0 fully saturated rings. The van der Waals surface area contributed by atoms with Crippen LogP contribution in [0.5, 0.6) is 5.75 Å². The number of anilines is 1. The van der Waals surface area contributed by atoms with Crippen LogP contribution in [0.25, 0.3) is 31.4 Å². The first kappa shape index (κ1) is 21.9. The molecule has 0 radical (unpaired) electrons. The molecule has 0 atom stereocenters. The predicted octanol–water partition coefficient (Wildman–Crippen LogP) is 5.16. The highest BCUT2D eigenvalue weighted by Crippen LogP contribution is 2.41. The summed E-state index contributed by atoms with van der Waals surface area (Å²) in [7, 11) is 0. The molecule has 2 amide bonds. The van der Waals surface area contributed by atoms with Gasteiger partial charge in [-0.05, 0) is 60.7 Å². The van der Waals surface area contributed by atoms with Crippen molar-refractivity contribution in [3.05, 3.63) is 59.0 Å². The number of halogens is 1. The third-order valence-electron chi connectivity index (χ3n) is 4.98. The zero-order valence-corrected chi connectivity index (χ0v) is 19.4. The number of phenolic OH excluding ortho intramolecular Hbond substituents is 1. The number of thiophene rings is 2. The quantitative estimate of drug-likeness (QED) is 0.388. The summed E-state index contributed by atoms with van der Waals surface area (Å²) >= 11 is 3.01. The second-order valence-corrected chi connectivity index (χ2v) is 9.02. The first-order valence-electron chi connectivity index (χ1n) is 9.40. The molecular formula is C22H17ClN4O3S2. The Morgan fingerprint density at radius 3 is 2.44 bits per heavy atom. The Labute approximate surface area is 197 Å². The van der Waals surface area contributed by atoms with Crippen molar-refractivity contribution >= 4 is 62.9 Å². The molecule has 0 aliphatic carbocycles. The largest absolute Gasteiger partial charge is 0.508 e. The lowest BCUT2D eigenvalue weighted by Crippen LogP contribution is -2.36. The number of phenols is 1. The summed E-state index contributed by atoms with van der Waals surface area (Å²) < 4.78 is 0. The number of nitrogens with zero attached hydrogens (tertiary/aromatic N) is 3. The van der Waals surface area contributed by atoms with E-state index in [0.717, 1.165) is 36.1 Å². The fraction of sp³-hybridized carbons (Fsp3) is 0.0909. The van der Waals surface area contributed by atoms with E-state index in [1.54, 1.807) is 19.1 Å². The van der Waals surface area contributed by atoms with Crippen LogP contribution in [0.2, 0.25) is 0 Å². The number of hydrazine groups is 1. The van der Waals surface area contributed by atoms with Crippen molar-refractivity contribution in [1.29, 1.82) is 0 Å². The van der Waals surface area contributed by atoms with Crippen molar-refractivity contribution < 1.29 is 14.7 Å². The molecule has 2 N–H and O–H groups in total. The predicted molar refractivity (Wildman–Crippen MR) is 129 cm³/mol. The highest BCUT2D eigenvalue weighted by molar-refractivity contribution is 7.22. The fourth-order valence-electron chi connectivity index (χ4n) is 3.42. The second kappa shape index (κ2) is 8.34. The minimum Gasteiger partial charge on any atom is -0.508 e. The lowest BCUT2D eigenvalue weighted by atomic mass is 10.1. The number of amides is 2. The number of aryl methyl sites for hydroxylation is 1. The molecule has 0 saturated carbocycles. The van der Waals surface area contributed by atoms with E-state index in [2.05, 4.69) is 10.4 Å². The summed E-state index contributed by atoms with van der Waals surface area (Å²) in [5, 5.41) is 13.3. The van der Waals surface area contributed by atoms with Gasteiger partial charge in [0.05, 0.1) is 10.3 Å². The van der Waals surface area contributed by atoms with Crippen LogP contribution < -0.4 is 5.43 Å². The van der Waals surface area contributed by atoms with E-state index < -0.39 is 11.8 Å². The van der Waals surface area contributed by atoms with Crippen molar-refractivity contribution in [1.82, 2.24) is 15.0 Å². The van der Waals surface area contributed by atoms with Crippen LogP contribution in [-0.4, -0.2) is 31.9 Å². The van der Waals surface area contributed by atoms with E-state index in [0.29, 0.717) is 17.2 Å². The van der Waals surface area contributed by atoms with Crippen LogP contribution >= 0.6 is 35.1 Å². The number of aromatic hydroxyl groups is 1. The van der Waals surface area contributed by atoms with Crippen LogP contribution in [-0.2, 0) is 9.59 Å². The standard InChI is InChI=1S/C22H16N4O3S2.ClH/c1-11-10-16(28)26(22(11)29)25-20-17-12(2)18(13-5-7-14(27)8-6-13)31-21(17)24-19(23-20)15-4-3-9-30-15;/h3-10,27H,1-2H3,(H,23,24,25);1H. The molecule has 4 heterocycles. The smallest absolute Gasteiger partial charge is 0.275 e. The maximum Gasteiger partial charge on any atom is 0.275 e. The van der Waals surface area contributed by atoms with Gasteiger partial charge in [0.2, 0.25) is 0 Å². The van der Waals surface area contributed by atoms with E-state index in [9.17, 15) is 14.7 Å². The van der Waals surface area contributed by atoms with Gasteiger partial charge in [-0.15, -0.1) is 35.1 Å². The number of hydrogen-bond donors (Lipinski definition) is 2. The maximum absolute atomic E-state index is 12.4. The topological polar surface area (TPSA) is 95.4 Å². The fourth-order valence-corrected chi connectivity index (χ4v) is 5.27. The summed E-state index contributed by atoms with van der Waals surface area (Å²) in [6.45, 7) is 3.56. The SMILES string of the molecule is CC1=CC(=O)N(Nc2nc(-c3cccs3)nc3sc(-c4ccc(O)cc4)c(C)c23)C1=O.Cl. The number of hydrogen-bond acceptors (Lipinski definition) is 8. The van der Waals surface area contributed by atoms with E-state index in [1.165, 1.54) is 28.7 Å². The normalized spacial score (nSPS) is 13.4. The Hall–Kier alpha value is -3.27. The van der Waals surface area contributed by atoms with Gasteiger partial charge < -0.3 is 5.11 Å². The number of imide groups is 1. The van der Waals surface area contributed by atoms with Gasteiger partial charge in [0.15, 0.2) is 11.6 Å². The first-order chi connectivity index (χ1) is 14.9. The molecule has 3 aromatic heterocycles. The maximum atomic E-state index is 12.4. The molecule has 4 aromatic rings. The molecule has 7 nitrogen and oxygen atoms in total. The molecular weight excluding hydrogens is 468 g/mol. The molecule has 10 heteroatoms. The summed E-state index contributed by atoms with van der Waals surface area (Å²) in [6, 6.07) is 10.8. The Morgan fingerprint density at radius 2 is 1.81 bits per heavy atom. The zero-order valence-electron chi connectivity index (χ0n) is 16.9. The van der Waals surface area contributed by atoms with Crippen molar-refractivity contribution in [2.24, 2.45) is 0 Å². The van der Waals surface area contributed by atoms with Crippen LogP contribution in [0.4, 0.5) is 5.82 Å². The molecule has 162 valence electrons. The minimum absolute atomic E-state index is 0. The Balaban J connectivity index is 0.00000245. The van der Waals surface area contributed by atoms with Crippen LogP contribution in [0.1, 0.15) is 12.5 Å². The Bertz CT molecular complexity index is 1380. The first-order valence-corrected chi connectivity index (χ1v) is 11.1.